The van der Waals surface area contributed by atoms with Gasteiger partial charge < -0.3 is 4.57 Å². The SMILES string of the molecule is N#Cc1ccccc1CN1C(=O)S/C(=C\c2cn(Cc3c(Cl)cccc3Cl)c3ccccc23)C1=O. The summed E-state index contributed by atoms with van der Waals surface area (Å²) in [5.74, 6) is -0.376. The van der Waals surface area contributed by atoms with Gasteiger partial charge in [-0.3, -0.25) is 14.5 Å². The first-order valence-corrected chi connectivity index (χ1v) is 12.3. The molecule has 172 valence electrons. The molecular weight excluding hydrogens is 501 g/mol. The number of carbonyl (C=O) groups is 2. The maximum absolute atomic E-state index is 13.1. The molecule has 1 fully saturated rings. The van der Waals surface area contributed by atoms with E-state index in [0.717, 1.165) is 33.8 Å². The van der Waals surface area contributed by atoms with Crippen molar-refractivity contribution in [2.45, 2.75) is 13.1 Å². The third-order valence-corrected chi connectivity index (χ3v) is 7.45. The number of fused-ring (bicyclic) bond motifs is 1. The first-order valence-electron chi connectivity index (χ1n) is 10.7. The fourth-order valence-corrected chi connectivity index (χ4v) is 5.44. The lowest BCUT2D eigenvalue weighted by molar-refractivity contribution is -0.123. The highest BCUT2D eigenvalue weighted by molar-refractivity contribution is 8.18. The number of benzene rings is 3. The second kappa shape index (κ2) is 9.63. The molecule has 0 saturated carbocycles. The van der Waals surface area contributed by atoms with Crippen molar-refractivity contribution in [2.75, 3.05) is 0 Å². The van der Waals surface area contributed by atoms with Gasteiger partial charge in [0.1, 0.15) is 0 Å². The summed E-state index contributed by atoms with van der Waals surface area (Å²) in [5.41, 5.74) is 3.65. The van der Waals surface area contributed by atoms with E-state index in [9.17, 15) is 14.9 Å². The molecule has 5 nitrogen and oxygen atoms in total. The standard InChI is InChI=1S/C27H17Cl2N3O2S/c28-22-9-5-10-23(29)21(22)16-31-14-19(20-8-3-4-11-24(20)31)12-25-26(33)32(27(34)35-25)15-18-7-2-1-6-17(18)13-30/h1-12,14H,15-16H2/b25-12-. The summed E-state index contributed by atoms with van der Waals surface area (Å²) in [6.45, 7) is 0.512. The molecule has 0 unspecified atom stereocenters. The Labute approximate surface area is 216 Å². The van der Waals surface area contributed by atoms with Crippen LogP contribution in [0.2, 0.25) is 10.0 Å². The fourth-order valence-electron chi connectivity index (χ4n) is 4.09. The van der Waals surface area contributed by atoms with Crippen molar-refractivity contribution in [3.05, 3.63) is 110 Å². The van der Waals surface area contributed by atoms with Gasteiger partial charge in [0.25, 0.3) is 11.1 Å². The lowest BCUT2D eigenvalue weighted by Crippen LogP contribution is -2.27. The minimum Gasteiger partial charge on any atom is -0.342 e. The molecule has 0 N–H and O–H groups in total. The van der Waals surface area contributed by atoms with Gasteiger partial charge in [0.15, 0.2) is 0 Å². The Morgan fingerprint density at radius 2 is 1.63 bits per heavy atom. The molecule has 1 aliphatic heterocycles. The van der Waals surface area contributed by atoms with Crippen LogP contribution in [0.3, 0.4) is 0 Å². The molecule has 35 heavy (non-hydrogen) atoms. The largest absolute Gasteiger partial charge is 0.342 e. The number of nitrogens with zero attached hydrogens (tertiary/aromatic N) is 3. The van der Waals surface area contributed by atoms with Gasteiger partial charge in [0.05, 0.1) is 29.6 Å². The highest BCUT2D eigenvalue weighted by Gasteiger charge is 2.35. The Hall–Kier alpha value is -3.50. The van der Waals surface area contributed by atoms with Crippen LogP contribution in [0.1, 0.15) is 22.3 Å². The second-order valence-electron chi connectivity index (χ2n) is 7.97. The van der Waals surface area contributed by atoms with E-state index in [4.69, 9.17) is 23.2 Å². The van der Waals surface area contributed by atoms with Crippen LogP contribution < -0.4 is 0 Å². The number of rotatable bonds is 5. The number of hydrogen-bond acceptors (Lipinski definition) is 4. The lowest BCUT2D eigenvalue weighted by atomic mass is 10.1. The molecule has 4 aromatic rings. The molecule has 2 heterocycles. The number of para-hydroxylation sites is 1. The van der Waals surface area contributed by atoms with Crippen molar-refractivity contribution in [1.29, 1.82) is 5.26 Å². The summed E-state index contributed by atoms with van der Waals surface area (Å²) >= 11 is 13.7. The van der Waals surface area contributed by atoms with Gasteiger partial charge in [0.2, 0.25) is 0 Å². The molecule has 0 spiro atoms. The van der Waals surface area contributed by atoms with Crippen LogP contribution in [0, 0.1) is 11.3 Å². The van der Waals surface area contributed by atoms with Gasteiger partial charge in [-0.1, -0.05) is 65.7 Å². The number of imide groups is 1. The molecule has 2 amide bonds. The van der Waals surface area contributed by atoms with Crippen LogP contribution in [0.4, 0.5) is 4.79 Å². The Morgan fingerprint density at radius 1 is 0.914 bits per heavy atom. The van der Waals surface area contributed by atoms with Crippen molar-refractivity contribution >= 4 is 63.1 Å². The zero-order chi connectivity index (χ0) is 24.5. The van der Waals surface area contributed by atoms with Crippen LogP contribution in [0.25, 0.3) is 17.0 Å². The molecule has 0 radical (unpaired) electrons. The van der Waals surface area contributed by atoms with E-state index in [1.54, 1.807) is 48.5 Å². The van der Waals surface area contributed by atoms with Gasteiger partial charge in [0, 0.05) is 38.3 Å². The zero-order valence-corrected chi connectivity index (χ0v) is 20.6. The van der Waals surface area contributed by atoms with E-state index < -0.39 is 0 Å². The molecule has 0 atom stereocenters. The molecule has 8 heteroatoms. The predicted molar refractivity (Wildman–Crippen MR) is 140 cm³/mol. The van der Waals surface area contributed by atoms with Gasteiger partial charge in [-0.2, -0.15) is 5.26 Å². The predicted octanol–water partition coefficient (Wildman–Crippen LogP) is 7.10. The van der Waals surface area contributed by atoms with Crippen molar-refractivity contribution in [1.82, 2.24) is 9.47 Å². The second-order valence-corrected chi connectivity index (χ2v) is 9.77. The number of nitriles is 1. The molecule has 0 bridgehead atoms. The Morgan fingerprint density at radius 3 is 2.40 bits per heavy atom. The molecule has 0 aliphatic carbocycles. The molecule has 3 aromatic carbocycles. The summed E-state index contributed by atoms with van der Waals surface area (Å²) < 4.78 is 2.03. The van der Waals surface area contributed by atoms with Crippen molar-refractivity contribution in [3.63, 3.8) is 0 Å². The summed E-state index contributed by atoms with van der Waals surface area (Å²) in [4.78, 5) is 27.3. The van der Waals surface area contributed by atoms with E-state index >= 15 is 0 Å². The third-order valence-electron chi connectivity index (χ3n) is 5.84. The van der Waals surface area contributed by atoms with Crippen LogP contribution in [-0.4, -0.2) is 20.6 Å². The van der Waals surface area contributed by atoms with E-state index in [1.807, 2.05) is 35.0 Å². The Bertz CT molecular complexity index is 1550. The van der Waals surface area contributed by atoms with Crippen molar-refractivity contribution < 1.29 is 9.59 Å². The summed E-state index contributed by atoms with van der Waals surface area (Å²) in [7, 11) is 0. The van der Waals surface area contributed by atoms with Crippen LogP contribution in [-0.2, 0) is 17.9 Å². The van der Waals surface area contributed by atoms with Crippen molar-refractivity contribution in [2.24, 2.45) is 0 Å². The van der Waals surface area contributed by atoms with Crippen LogP contribution >= 0.6 is 35.0 Å². The number of aromatic nitrogens is 1. The minimum atomic E-state index is -0.376. The van der Waals surface area contributed by atoms with Crippen molar-refractivity contribution in [3.8, 4) is 6.07 Å². The number of thioether (sulfide) groups is 1. The lowest BCUT2D eigenvalue weighted by Gasteiger charge is -2.13. The number of carbonyl (C=O) groups excluding carboxylic acids is 2. The molecule has 1 saturated heterocycles. The number of amides is 2. The zero-order valence-electron chi connectivity index (χ0n) is 18.2. The first kappa shape index (κ1) is 23.3. The molecule has 1 aliphatic rings. The maximum atomic E-state index is 13.1. The summed E-state index contributed by atoms with van der Waals surface area (Å²) in [6, 6.07) is 22.3. The van der Waals surface area contributed by atoms with Gasteiger partial charge in [-0.15, -0.1) is 0 Å². The van der Waals surface area contributed by atoms with Gasteiger partial charge in [-0.05, 0) is 47.7 Å². The minimum absolute atomic E-state index is 0.0541. The van der Waals surface area contributed by atoms with Gasteiger partial charge in [-0.25, -0.2) is 0 Å². The van der Waals surface area contributed by atoms with E-state index in [0.29, 0.717) is 32.6 Å². The Kier molecular flexibility index (Phi) is 6.40. The molecular formula is C27H17Cl2N3O2S. The summed E-state index contributed by atoms with van der Waals surface area (Å²) in [6.07, 6.45) is 3.68. The number of halogens is 2. The fraction of sp³-hybridized carbons (Fsp3) is 0.0741. The van der Waals surface area contributed by atoms with Crippen LogP contribution in [0.15, 0.2) is 77.8 Å². The molecule has 5 rings (SSSR count). The first-order chi connectivity index (χ1) is 17.0. The number of hydrogen-bond donors (Lipinski definition) is 0. The normalized spacial score (nSPS) is 14.8. The summed E-state index contributed by atoms with van der Waals surface area (Å²) in [5, 5.41) is 11.1. The highest BCUT2D eigenvalue weighted by Crippen LogP contribution is 2.36. The van der Waals surface area contributed by atoms with E-state index in [2.05, 4.69) is 6.07 Å². The Balaban J connectivity index is 1.49. The monoisotopic (exact) mass is 517 g/mol. The smallest absolute Gasteiger partial charge is 0.293 e. The quantitative estimate of drug-likeness (QED) is 0.264. The third kappa shape index (κ3) is 4.46. The van der Waals surface area contributed by atoms with E-state index in [1.165, 1.54) is 4.90 Å². The van der Waals surface area contributed by atoms with E-state index in [-0.39, 0.29) is 17.7 Å². The molecule has 1 aromatic heterocycles. The maximum Gasteiger partial charge on any atom is 0.293 e. The highest BCUT2D eigenvalue weighted by atomic mass is 35.5. The average molecular weight is 518 g/mol. The van der Waals surface area contributed by atoms with Crippen LogP contribution in [0.5, 0.6) is 0 Å². The average Bonchev–Trinajstić information content (AvgIpc) is 3.34. The van der Waals surface area contributed by atoms with Gasteiger partial charge >= 0.3 is 0 Å². The topological polar surface area (TPSA) is 66.1 Å².